The molecule has 0 N–H and O–H groups in total. The lowest BCUT2D eigenvalue weighted by atomic mass is 10.0. The number of carbonyl (C=O) groups excluding carboxylic acids is 1. The molecule has 0 aliphatic heterocycles. The summed E-state index contributed by atoms with van der Waals surface area (Å²) in [6, 6.07) is 8.08. The van der Waals surface area contributed by atoms with Crippen LogP contribution in [0.25, 0.3) is 11.0 Å². The molecule has 4 heteroatoms. The van der Waals surface area contributed by atoms with Gasteiger partial charge in [0.25, 0.3) is 0 Å². The van der Waals surface area contributed by atoms with Gasteiger partial charge >= 0.3 is 5.97 Å². The van der Waals surface area contributed by atoms with Crippen molar-refractivity contribution >= 4 is 16.9 Å². The number of benzene rings is 1. The molecule has 1 unspecified atom stereocenters. The van der Waals surface area contributed by atoms with E-state index in [2.05, 4.69) is 4.90 Å². The monoisotopic (exact) mass is 261 g/mol. The third-order valence-electron chi connectivity index (χ3n) is 3.34. The molecule has 0 saturated heterocycles. The van der Waals surface area contributed by atoms with Gasteiger partial charge < -0.3 is 14.1 Å². The van der Waals surface area contributed by atoms with Gasteiger partial charge in [-0.05, 0) is 26.6 Å². The largest absolute Gasteiger partial charge is 0.469 e. The highest BCUT2D eigenvalue weighted by atomic mass is 16.5. The second-order valence-electron chi connectivity index (χ2n) is 4.78. The number of ether oxygens (including phenoxy) is 1. The van der Waals surface area contributed by atoms with Crippen LogP contribution in [0.2, 0.25) is 0 Å². The van der Waals surface area contributed by atoms with Gasteiger partial charge in [-0.15, -0.1) is 0 Å². The number of nitrogens with zero attached hydrogens (tertiary/aromatic N) is 1. The zero-order valence-corrected chi connectivity index (χ0v) is 11.6. The Hall–Kier alpha value is -1.81. The molecule has 102 valence electrons. The molecule has 4 nitrogen and oxygen atoms in total. The number of furan rings is 1. The number of methoxy groups -OCH3 is 1. The fourth-order valence-corrected chi connectivity index (χ4v) is 2.30. The van der Waals surface area contributed by atoms with E-state index in [9.17, 15) is 4.79 Å². The van der Waals surface area contributed by atoms with E-state index in [-0.39, 0.29) is 12.0 Å². The van der Waals surface area contributed by atoms with E-state index in [1.807, 2.05) is 38.4 Å². The van der Waals surface area contributed by atoms with Gasteiger partial charge in [0.1, 0.15) is 5.58 Å². The molecule has 0 radical (unpaired) electrons. The predicted octanol–water partition coefficient (Wildman–Crippen LogP) is 2.99. The number of carbonyl (C=O) groups is 1. The first-order valence-corrected chi connectivity index (χ1v) is 6.33. The van der Waals surface area contributed by atoms with E-state index in [1.165, 1.54) is 7.11 Å². The van der Waals surface area contributed by atoms with Gasteiger partial charge in [-0.3, -0.25) is 4.79 Å². The molecule has 0 bridgehead atoms. The van der Waals surface area contributed by atoms with E-state index >= 15 is 0 Å². The Morgan fingerprint density at radius 3 is 2.79 bits per heavy atom. The fraction of sp³-hybridized carbons (Fsp3) is 0.400. The molecule has 2 aromatic rings. The quantitative estimate of drug-likeness (QED) is 0.776. The van der Waals surface area contributed by atoms with E-state index < -0.39 is 0 Å². The Bertz CT molecular complexity index is 559. The molecule has 0 spiro atoms. The van der Waals surface area contributed by atoms with Crippen LogP contribution >= 0.6 is 0 Å². The van der Waals surface area contributed by atoms with Crippen LogP contribution in [0, 0.1) is 0 Å². The van der Waals surface area contributed by atoms with Gasteiger partial charge in [-0.1, -0.05) is 18.2 Å². The number of para-hydroxylation sites is 1. The maximum Gasteiger partial charge on any atom is 0.305 e. The first-order valence-electron chi connectivity index (χ1n) is 6.33. The summed E-state index contributed by atoms with van der Waals surface area (Å²) in [6.45, 7) is 0. The van der Waals surface area contributed by atoms with Crippen molar-refractivity contribution in [3.63, 3.8) is 0 Å². The fourth-order valence-electron chi connectivity index (χ4n) is 2.30. The van der Waals surface area contributed by atoms with Crippen LogP contribution in [0.3, 0.4) is 0 Å². The van der Waals surface area contributed by atoms with Crippen molar-refractivity contribution in [2.75, 3.05) is 21.2 Å². The zero-order valence-electron chi connectivity index (χ0n) is 11.6. The van der Waals surface area contributed by atoms with Crippen LogP contribution in [0.5, 0.6) is 0 Å². The predicted molar refractivity (Wildman–Crippen MR) is 73.9 cm³/mol. The minimum absolute atomic E-state index is 0.141. The maximum absolute atomic E-state index is 11.3. The van der Waals surface area contributed by atoms with Crippen molar-refractivity contribution in [1.29, 1.82) is 0 Å². The third kappa shape index (κ3) is 2.96. The molecular formula is C15H19NO3. The zero-order chi connectivity index (χ0) is 13.8. The van der Waals surface area contributed by atoms with Gasteiger partial charge in [0.2, 0.25) is 0 Å². The van der Waals surface area contributed by atoms with Gasteiger partial charge in [-0.25, -0.2) is 0 Å². The molecule has 1 atom stereocenters. The summed E-state index contributed by atoms with van der Waals surface area (Å²) in [5.74, 6) is -0.181. The van der Waals surface area contributed by atoms with Crippen LogP contribution in [0.4, 0.5) is 0 Å². The summed E-state index contributed by atoms with van der Waals surface area (Å²) in [5.41, 5.74) is 1.99. The Kier molecular flexibility index (Phi) is 4.22. The van der Waals surface area contributed by atoms with E-state index in [0.29, 0.717) is 12.8 Å². The van der Waals surface area contributed by atoms with Gasteiger partial charge in [0.05, 0.1) is 13.4 Å². The maximum atomic E-state index is 11.3. The Morgan fingerprint density at radius 2 is 2.11 bits per heavy atom. The van der Waals surface area contributed by atoms with Crippen LogP contribution in [-0.4, -0.2) is 32.1 Å². The molecule has 0 aliphatic carbocycles. The van der Waals surface area contributed by atoms with Gasteiger partial charge in [0, 0.05) is 23.4 Å². The molecule has 0 saturated carbocycles. The van der Waals surface area contributed by atoms with Crippen LogP contribution < -0.4 is 0 Å². The topological polar surface area (TPSA) is 42.7 Å². The summed E-state index contributed by atoms with van der Waals surface area (Å²) in [6.07, 6.45) is 2.90. The minimum Gasteiger partial charge on any atom is -0.469 e. The number of hydrogen-bond donors (Lipinski definition) is 0. The van der Waals surface area contributed by atoms with E-state index in [1.54, 1.807) is 6.26 Å². The number of rotatable bonds is 5. The summed E-state index contributed by atoms with van der Waals surface area (Å²) in [5, 5.41) is 1.10. The molecular weight excluding hydrogens is 242 g/mol. The van der Waals surface area contributed by atoms with Crippen molar-refractivity contribution in [3.8, 4) is 0 Å². The molecule has 1 aromatic carbocycles. The van der Waals surface area contributed by atoms with Crippen LogP contribution in [-0.2, 0) is 9.53 Å². The van der Waals surface area contributed by atoms with Crippen molar-refractivity contribution < 1.29 is 13.9 Å². The number of fused-ring (bicyclic) bond motifs is 1. The lowest BCUT2D eigenvalue weighted by Crippen LogP contribution is -2.20. The minimum atomic E-state index is -0.181. The molecule has 0 amide bonds. The molecule has 0 aliphatic rings. The highest BCUT2D eigenvalue weighted by Gasteiger charge is 2.20. The van der Waals surface area contributed by atoms with Crippen molar-refractivity contribution in [2.45, 2.75) is 18.9 Å². The first-order chi connectivity index (χ1) is 9.13. The molecule has 1 aromatic heterocycles. The van der Waals surface area contributed by atoms with Crippen molar-refractivity contribution in [1.82, 2.24) is 4.90 Å². The average Bonchev–Trinajstić information content (AvgIpc) is 2.82. The SMILES string of the molecule is COC(=O)CCC(c1coc2ccccc12)N(C)C. The molecule has 0 fully saturated rings. The lowest BCUT2D eigenvalue weighted by Gasteiger charge is -2.23. The smallest absolute Gasteiger partial charge is 0.305 e. The highest BCUT2D eigenvalue weighted by Crippen LogP contribution is 2.31. The standard InChI is InChI=1S/C15H19NO3/c1-16(2)13(8-9-15(17)18-3)12-10-19-14-7-5-4-6-11(12)14/h4-7,10,13H,8-9H2,1-3H3. The summed E-state index contributed by atoms with van der Waals surface area (Å²) < 4.78 is 10.3. The van der Waals surface area contributed by atoms with E-state index in [4.69, 9.17) is 9.15 Å². The number of hydrogen-bond acceptors (Lipinski definition) is 4. The second kappa shape index (κ2) is 5.89. The second-order valence-corrected chi connectivity index (χ2v) is 4.78. The third-order valence-corrected chi connectivity index (χ3v) is 3.34. The highest BCUT2D eigenvalue weighted by molar-refractivity contribution is 5.81. The van der Waals surface area contributed by atoms with Gasteiger partial charge in [-0.2, -0.15) is 0 Å². The normalized spacial score (nSPS) is 12.8. The van der Waals surface area contributed by atoms with Crippen molar-refractivity contribution in [2.24, 2.45) is 0 Å². The van der Waals surface area contributed by atoms with Crippen LogP contribution in [0.15, 0.2) is 34.9 Å². The molecule has 2 rings (SSSR count). The summed E-state index contributed by atoms with van der Waals surface area (Å²) in [7, 11) is 5.42. The summed E-state index contributed by atoms with van der Waals surface area (Å²) >= 11 is 0. The molecule has 19 heavy (non-hydrogen) atoms. The van der Waals surface area contributed by atoms with Crippen LogP contribution in [0.1, 0.15) is 24.4 Å². The first kappa shape index (κ1) is 13.6. The van der Waals surface area contributed by atoms with Crippen molar-refractivity contribution in [3.05, 3.63) is 36.1 Å². The Balaban J connectivity index is 2.26. The lowest BCUT2D eigenvalue weighted by molar-refractivity contribution is -0.141. The van der Waals surface area contributed by atoms with Gasteiger partial charge in [0.15, 0.2) is 0 Å². The number of esters is 1. The molecule has 1 heterocycles. The summed E-state index contributed by atoms with van der Waals surface area (Å²) in [4.78, 5) is 13.4. The Morgan fingerprint density at radius 1 is 1.37 bits per heavy atom. The Labute approximate surface area is 112 Å². The average molecular weight is 261 g/mol. The van der Waals surface area contributed by atoms with E-state index in [0.717, 1.165) is 16.5 Å².